The summed E-state index contributed by atoms with van der Waals surface area (Å²) in [4.78, 5) is 39.7. The third-order valence-electron chi connectivity index (χ3n) is 7.48. The summed E-state index contributed by atoms with van der Waals surface area (Å²) in [6.45, 7) is 2.83. The van der Waals surface area contributed by atoms with E-state index in [0.717, 1.165) is 0 Å². The van der Waals surface area contributed by atoms with E-state index in [4.69, 9.17) is 44.3 Å². The molecule has 0 aromatic heterocycles. The summed E-state index contributed by atoms with van der Waals surface area (Å²) in [5.41, 5.74) is -1.11. The summed E-state index contributed by atoms with van der Waals surface area (Å²) in [6, 6.07) is 13.8. The molecule has 2 amide bonds. The Morgan fingerprint density at radius 1 is 0.950 bits per heavy atom. The van der Waals surface area contributed by atoms with Crippen molar-refractivity contribution < 1.29 is 29.0 Å². The van der Waals surface area contributed by atoms with Gasteiger partial charge >= 0.3 is 5.97 Å². The van der Waals surface area contributed by atoms with E-state index in [9.17, 15) is 19.5 Å². The Labute approximate surface area is 245 Å². The van der Waals surface area contributed by atoms with Crippen LogP contribution in [0.4, 0.5) is 5.69 Å². The number of hydrogen-bond acceptors (Lipinski definition) is 5. The van der Waals surface area contributed by atoms with Crippen molar-refractivity contribution >= 4 is 58.3 Å². The van der Waals surface area contributed by atoms with Gasteiger partial charge in [-0.25, -0.2) is 4.79 Å². The van der Waals surface area contributed by atoms with Gasteiger partial charge in [-0.3, -0.25) is 9.59 Å². The molecular formula is C29H25Cl3N2O6. The van der Waals surface area contributed by atoms with Gasteiger partial charge in [0, 0.05) is 44.2 Å². The quantitative estimate of drug-likeness (QED) is 0.312. The molecule has 2 aliphatic heterocycles. The second kappa shape index (κ2) is 10.2. The van der Waals surface area contributed by atoms with Crippen LogP contribution < -0.4 is 20.1 Å². The fourth-order valence-corrected chi connectivity index (χ4v) is 6.19. The molecule has 3 aromatic carbocycles. The largest absolute Gasteiger partial charge is 0.496 e. The highest BCUT2D eigenvalue weighted by atomic mass is 35.5. The van der Waals surface area contributed by atoms with Gasteiger partial charge in [-0.2, -0.15) is 0 Å². The summed E-state index contributed by atoms with van der Waals surface area (Å²) in [5, 5.41) is 16.8. The molecule has 5 rings (SSSR count). The van der Waals surface area contributed by atoms with Gasteiger partial charge in [-0.15, -0.1) is 0 Å². The Morgan fingerprint density at radius 2 is 1.55 bits per heavy atom. The number of carboxylic acids is 1. The average Bonchev–Trinajstić information content (AvgIpc) is 3.17. The van der Waals surface area contributed by atoms with Crippen molar-refractivity contribution in [2.24, 2.45) is 0 Å². The van der Waals surface area contributed by atoms with Crippen LogP contribution in [0.2, 0.25) is 15.1 Å². The molecule has 3 N–H and O–H groups in total. The Balaban J connectivity index is 1.83. The van der Waals surface area contributed by atoms with E-state index >= 15 is 0 Å². The Kier molecular flexibility index (Phi) is 7.15. The van der Waals surface area contributed by atoms with Gasteiger partial charge in [0.05, 0.1) is 13.2 Å². The molecular weight excluding hydrogens is 579 g/mol. The summed E-state index contributed by atoms with van der Waals surface area (Å²) in [7, 11) is 1.49. The summed E-state index contributed by atoms with van der Waals surface area (Å²) >= 11 is 19.2. The molecule has 0 radical (unpaired) electrons. The molecule has 0 saturated carbocycles. The lowest BCUT2D eigenvalue weighted by Gasteiger charge is -2.47. The van der Waals surface area contributed by atoms with Gasteiger partial charge in [-0.05, 0) is 67.9 Å². The third-order valence-corrected chi connectivity index (χ3v) is 8.19. The molecule has 3 unspecified atom stereocenters. The number of carbonyl (C=O) groups is 3. The molecule has 11 heteroatoms. The topological polar surface area (TPSA) is 114 Å². The molecule has 8 nitrogen and oxygen atoms in total. The van der Waals surface area contributed by atoms with E-state index in [1.54, 1.807) is 54.6 Å². The molecule has 0 bridgehead atoms. The molecule has 1 spiro atoms. The monoisotopic (exact) mass is 602 g/mol. The van der Waals surface area contributed by atoms with Crippen molar-refractivity contribution in [2.45, 2.75) is 43.2 Å². The molecule has 208 valence electrons. The minimum absolute atomic E-state index is 0.126. The Hall–Kier alpha value is -3.46. The smallest absolute Gasteiger partial charge is 0.347 e. The van der Waals surface area contributed by atoms with Crippen molar-refractivity contribution in [3.8, 4) is 11.5 Å². The molecule has 0 aliphatic carbocycles. The second-order valence-electron chi connectivity index (χ2n) is 10.3. The zero-order valence-corrected chi connectivity index (χ0v) is 23.9. The Bertz CT molecular complexity index is 1560. The van der Waals surface area contributed by atoms with Gasteiger partial charge < -0.3 is 25.2 Å². The molecule has 2 heterocycles. The predicted octanol–water partition coefficient (Wildman–Crippen LogP) is 6.13. The van der Waals surface area contributed by atoms with Gasteiger partial charge in [0.25, 0.3) is 0 Å². The number of hydrogen-bond donors (Lipinski definition) is 3. The standard InChI is InChI=1S/C29H25Cl3N2O6/c1-28(2,27(37)38)40-23-9-6-14(30)10-17(23)20-13-24(35)34-25(18-11-15(31)5-8-22(18)39-3)29(20)19-7-4-16(32)12-21(19)33-26(29)36/h4-12,20,25H,13H2,1-3H3,(H,33,36)(H,34,35)(H,37,38). The van der Waals surface area contributed by atoms with Crippen LogP contribution in [0.3, 0.4) is 0 Å². The zero-order chi connectivity index (χ0) is 29.0. The molecule has 3 atom stereocenters. The van der Waals surface area contributed by atoms with Crippen molar-refractivity contribution in [3.63, 3.8) is 0 Å². The molecule has 3 aromatic rings. The maximum Gasteiger partial charge on any atom is 0.347 e. The maximum atomic E-state index is 14.3. The van der Waals surface area contributed by atoms with E-state index in [1.165, 1.54) is 21.0 Å². The van der Waals surface area contributed by atoms with E-state index in [-0.39, 0.29) is 18.1 Å². The SMILES string of the molecule is COc1ccc(Cl)cc1C1NC(=O)CC(c2cc(Cl)ccc2OC(C)(C)C(=O)O)C12C(=O)Nc1cc(Cl)ccc12. The van der Waals surface area contributed by atoms with Crippen LogP contribution >= 0.6 is 34.8 Å². The van der Waals surface area contributed by atoms with Crippen LogP contribution in [-0.4, -0.2) is 35.6 Å². The number of fused-ring (bicyclic) bond motifs is 2. The summed E-state index contributed by atoms with van der Waals surface area (Å²) in [5.74, 6) is -2.19. The molecule has 1 saturated heterocycles. The first kappa shape index (κ1) is 28.1. The van der Waals surface area contributed by atoms with Crippen LogP contribution in [0.1, 0.15) is 48.9 Å². The summed E-state index contributed by atoms with van der Waals surface area (Å²) in [6.07, 6.45) is -0.126. The first-order valence-corrected chi connectivity index (χ1v) is 13.5. The highest BCUT2D eigenvalue weighted by Crippen LogP contribution is 2.59. The van der Waals surface area contributed by atoms with Crippen molar-refractivity contribution in [1.82, 2.24) is 5.32 Å². The van der Waals surface area contributed by atoms with Crippen LogP contribution in [-0.2, 0) is 19.8 Å². The number of anilines is 1. The lowest BCUT2D eigenvalue weighted by molar-refractivity contribution is -0.152. The van der Waals surface area contributed by atoms with Gasteiger partial charge in [0.2, 0.25) is 11.8 Å². The van der Waals surface area contributed by atoms with Gasteiger partial charge in [0.1, 0.15) is 16.9 Å². The molecule has 2 aliphatic rings. The zero-order valence-electron chi connectivity index (χ0n) is 21.7. The number of piperidine rings is 1. The highest BCUT2D eigenvalue weighted by molar-refractivity contribution is 6.31. The fraction of sp³-hybridized carbons (Fsp3) is 0.276. The number of benzene rings is 3. The Morgan fingerprint density at radius 3 is 2.20 bits per heavy atom. The number of amides is 2. The van der Waals surface area contributed by atoms with Gasteiger partial charge in [-0.1, -0.05) is 40.9 Å². The fourth-order valence-electron chi connectivity index (χ4n) is 5.65. The number of ether oxygens (including phenoxy) is 2. The molecule has 40 heavy (non-hydrogen) atoms. The second-order valence-corrected chi connectivity index (χ2v) is 11.6. The minimum atomic E-state index is -1.62. The first-order valence-electron chi connectivity index (χ1n) is 12.3. The summed E-state index contributed by atoms with van der Waals surface area (Å²) < 4.78 is 11.6. The number of carbonyl (C=O) groups excluding carboxylic acids is 2. The predicted molar refractivity (Wildman–Crippen MR) is 152 cm³/mol. The number of aliphatic carboxylic acids is 1. The van der Waals surface area contributed by atoms with Crippen LogP contribution in [0, 0.1) is 0 Å². The van der Waals surface area contributed by atoms with Gasteiger partial charge in [0.15, 0.2) is 5.60 Å². The van der Waals surface area contributed by atoms with E-state index < -0.39 is 34.9 Å². The normalized spacial score (nSPS) is 21.9. The van der Waals surface area contributed by atoms with E-state index in [1.807, 2.05) is 0 Å². The maximum absolute atomic E-state index is 14.3. The lowest BCUT2D eigenvalue weighted by atomic mass is 9.59. The molecule has 1 fully saturated rings. The number of halogens is 3. The van der Waals surface area contributed by atoms with Crippen molar-refractivity contribution in [2.75, 3.05) is 12.4 Å². The van der Waals surface area contributed by atoms with E-state index in [2.05, 4.69) is 10.6 Å². The minimum Gasteiger partial charge on any atom is -0.496 e. The number of nitrogens with one attached hydrogen (secondary N) is 2. The van der Waals surface area contributed by atoms with Crippen LogP contribution in [0.5, 0.6) is 11.5 Å². The van der Waals surface area contributed by atoms with Crippen LogP contribution in [0.15, 0.2) is 54.6 Å². The average molecular weight is 604 g/mol. The number of rotatable bonds is 6. The van der Waals surface area contributed by atoms with Crippen LogP contribution in [0.25, 0.3) is 0 Å². The third kappa shape index (κ3) is 4.54. The lowest BCUT2D eigenvalue weighted by Crippen LogP contribution is -2.57. The highest BCUT2D eigenvalue weighted by Gasteiger charge is 2.62. The first-order chi connectivity index (χ1) is 18.9. The van der Waals surface area contributed by atoms with Crippen molar-refractivity contribution in [1.29, 1.82) is 0 Å². The van der Waals surface area contributed by atoms with E-state index in [0.29, 0.717) is 43.2 Å². The number of carboxylic acid groups (broad SMARTS) is 1. The number of methoxy groups -OCH3 is 1. The van der Waals surface area contributed by atoms with Crippen molar-refractivity contribution in [3.05, 3.63) is 86.4 Å².